The van der Waals surface area contributed by atoms with Crippen LogP contribution in [0.1, 0.15) is 50.7 Å². The van der Waals surface area contributed by atoms with E-state index in [1.54, 1.807) is 6.07 Å². The molecule has 5 heteroatoms. The van der Waals surface area contributed by atoms with Crippen molar-refractivity contribution in [3.8, 4) is 5.75 Å². The molecule has 2 nitrogen and oxygen atoms in total. The lowest BCUT2D eigenvalue weighted by Crippen LogP contribution is -2.39. The summed E-state index contributed by atoms with van der Waals surface area (Å²) in [7, 11) is 0. The lowest BCUT2D eigenvalue weighted by atomic mass is 9.92. The quantitative estimate of drug-likeness (QED) is 0.869. The average Bonchev–Trinajstić information content (AvgIpc) is 2.41. The van der Waals surface area contributed by atoms with Gasteiger partial charge in [0.2, 0.25) is 0 Å². The van der Waals surface area contributed by atoms with Crippen LogP contribution in [0.25, 0.3) is 0 Å². The SMILES string of the molecule is Cc1ccc(OC2CCC(NC(C)C)CC2)cc1C(F)(F)F. The maximum atomic E-state index is 12.9. The summed E-state index contributed by atoms with van der Waals surface area (Å²) < 4.78 is 44.5. The largest absolute Gasteiger partial charge is 0.490 e. The Hall–Kier alpha value is -1.23. The normalized spacial score (nSPS) is 22.9. The summed E-state index contributed by atoms with van der Waals surface area (Å²) in [5.74, 6) is 0.318. The van der Waals surface area contributed by atoms with E-state index in [-0.39, 0.29) is 11.7 Å². The van der Waals surface area contributed by atoms with E-state index >= 15 is 0 Å². The summed E-state index contributed by atoms with van der Waals surface area (Å²) in [4.78, 5) is 0. The van der Waals surface area contributed by atoms with Crippen molar-refractivity contribution in [2.24, 2.45) is 0 Å². The van der Waals surface area contributed by atoms with Gasteiger partial charge < -0.3 is 10.1 Å². The average molecular weight is 315 g/mol. The highest BCUT2D eigenvalue weighted by atomic mass is 19.4. The monoisotopic (exact) mass is 315 g/mol. The van der Waals surface area contributed by atoms with Gasteiger partial charge in [-0.2, -0.15) is 13.2 Å². The molecule has 0 radical (unpaired) electrons. The second-order valence-electron chi connectivity index (χ2n) is 6.39. The summed E-state index contributed by atoms with van der Waals surface area (Å²) in [5.41, 5.74) is -0.384. The van der Waals surface area contributed by atoms with Crippen LogP contribution in [0.4, 0.5) is 13.2 Å². The highest BCUT2D eigenvalue weighted by Gasteiger charge is 2.33. The predicted molar refractivity (Wildman–Crippen MR) is 81.1 cm³/mol. The highest BCUT2D eigenvalue weighted by Crippen LogP contribution is 2.35. The van der Waals surface area contributed by atoms with Crippen LogP contribution in [0.2, 0.25) is 0 Å². The minimum atomic E-state index is -4.33. The Bertz CT molecular complexity index is 491. The lowest BCUT2D eigenvalue weighted by molar-refractivity contribution is -0.138. The van der Waals surface area contributed by atoms with Crippen LogP contribution in [0.5, 0.6) is 5.75 Å². The zero-order valence-corrected chi connectivity index (χ0v) is 13.3. The number of rotatable bonds is 4. The van der Waals surface area contributed by atoms with Gasteiger partial charge in [-0.15, -0.1) is 0 Å². The number of nitrogens with one attached hydrogen (secondary N) is 1. The molecular formula is C17H24F3NO. The van der Waals surface area contributed by atoms with E-state index in [0.717, 1.165) is 31.7 Å². The molecule has 1 aliphatic carbocycles. The molecule has 0 amide bonds. The van der Waals surface area contributed by atoms with Crippen molar-refractivity contribution in [2.45, 2.75) is 70.8 Å². The highest BCUT2D eigenvalue weighted by molar-refractivity contribution is 5.36. The Kier molecular flexibility index (Phi) is 5.37. The third kappa shape index (κ3) is 4.63. The summed E-state index contributed by atoms with van der Waals surface area (Å²) in [6, 6.07) is 5.17. The standard InChI is InChI=1S/C17H24F3NO/c1-11(2)21-13-5-8-14(9-6-13)22-15-7-4-12(3)16(10-15)17(18,19)20/h4,7,10-11,13-14,21H,5-6,8-9H2,1-3H3. The van der Waals surface area contributed by atoms with E-state index in [2.05, 4.69) is 19.2 Å². The number of aryl methyl sites for hydroxylation is 1. The molecule has 0 aromatic heterocycles. The molecule has 0 atom stereocenters. The molecule has 22 heavy (non-hydrogen) atoms. The smallest absolute Gasteiger partial charge is 0.416 e. The van der Waals surface area contributed by atoms with Crippen LogP contribution in [-0.4, -0.2) is 18.2 Å². The van der Waals surface area contributed by atoms with Crippen molar-refractivity contribution >= 4 is 0 Å². The number of ether oxygens (including phenoxy) is 1. The Morgan fingerprint density at radius 3 is 2.32 bits per heavy atom. The minimum absolute atomic E-state index is 0.00834. The predicted octanol–water partition coefficient (Wildman–Crippen LogP) is 4.70. The number of hydrogen-bond donors (Lipinski definition) is 1. The fourth-order valence-corrected chi connectivity index (χ4v) is 2.99. The van der Waals surface area contributed by atoms with E-state index in [4.69, 9.17) is 4.74 Å². The van der Waals surface area contributed by atoms with Crippen molar-refractivity contribution in [1.82, 2.24) is 5.32 Å². The molecule has 1 aliphatic rings. The fourth-order valence-electron chi connectivity index (χ4n) is 2.99. The summed E-state index contributed by atoms with van der Waals surface area (Å²) in [6.07, 6.45) is -0.572. The van der Waals surface area contributed by atoms with E-state index in [0.29, 0.717) is 17.8 Å². The van der Waals surface area contributed by atoms with Gasteiger partial charge >= 0.3 is 6.18 Å². The van der Waals surface area contributed by atoms with Crippen LogP contribution in [0.3, 0.4) is 0 Å². The van der Waals surface area contributed by atoms with Crippen molar-refractivity contribution in [2.75, 3.05) is 0 Å². The van der Waals surface area contributed by atoms with Crippen LogP contribution in [0.15, 0.2) is 18.2 Å². The zero-order valence-electron chi connectivity index (χ0n) is 13.3. The molecule has 1 fully saturated rings. The van der Waals surface area contributed by atoms with E-state index in [1.807, 2.05) is 0 Å². The van der Waals surface area contributed by atoms with Gasteiger partial charge in [0.25, 0.3) is 0 Å². The summed E-state index contributed by atoms with van der Waals surface area (Å²) in [6.45, 7) is 5.70. The zero-order chi connectivity index (χ0) is 16.3. The molecule has 1 saturated carbocycles. The summed E-state index contributed by atoms with van der Waals surface area (Å²) in [5, 5.41) is 3.50. The van der Waals surface area contributed by atoms with Gasteiger partial charge in [-0.3, -0.25) is 0 Å². The Morgan fingerprint density at radius 2 is 1.77 bits per heavy atom. The van der Waals surface area contributed by atoms with Crippen LogP contribution in [0, 0.1) is 6.92 Å². The van der Waals surface area contributed by atoms with Crippen LogP contribution < -0.4 is 10.1 Å². The molecule has 0 bridgehead atoms. The first-order valence-corrected chi connectivity index (χ1v) is 7.86. The summed E-state index contributed by atoms with van der Waals surface area (Å²) >= 11 is 0. The maximum absolute atomic E-state index is 12.9. The van der Waals surface area contributed by atoms with Gasteiger partial charge in [0.1, 0.15) is 5.75 Å². The van der Waals surface area contributed by atoms with Crippen molar-refractivity contribution < 1.29 is 17.9 Å². The van der Waals surface area contributed by atoms with Crippen LogP contribution in [-0.2, 0) is 6.18 Å². The van der Waals surface area contributed by atoms with Gasteiger partial charge in [-0.05, 0) is 50.3 Å². The molecule has 0 unspecified atom stereocenters. The Morgan fingerprint density at radius 1 is 1.14 bits per heavy atom. The van der Waals surface area contributed by atoms with Gasteiger partial charge in [-0.1, -0.05) is 19.9 Å². The number of benzene rings is 1. The van der Waals surface area contributed by atoms with Gasteiger partial charge in [-0.25, -0.2) is 0 Å². The molecule has 0 saturated heterocycles. The second kappa shape index (κ2) is 6.90. The molecule has 124 valence electrons. The van der Waals surface area contributed by atoms with Gasteiger partial charge in [0.05, 0.1) is 11.7 Å². The van der Waals surface area contributed by atoms with Crippen molar-refractivity contribution in [3.05, 3.63) is 29.3 Å². The first kappa shape index (κ1) is 17.1. The van der Waals surface area contributed by atoms with Crippen molar-refractivity contribution in [3.63, 3.8) is 0 Å². The second-order valence-corrected chi connectivity index (χ2v) is 6.39. The molecular weight excluding hydrogens is 291 g/mol. The topological polar surface area (TPSA) is 21.3 Å². The molecule has 1 N–H and O–H groups in total. The Labute approximate surface area is 130 Å². The first-order chi connectivity index (χ1) is 10.3. The molecule has 1 aromatic carbocycles. The van der Waals surface area contributed by atoms with Crippen molar-refractivity contribution in [1.29, 1.82) is 0 Å². The number of hydrogen-bond acceptors (Lipinski definition) is 2. The minimum Gasteiger partial charge on any atom is -0.490 e. The molecule has 2 rings (SSSR count). The molecule has 0 spiro atoms. The Balaban J connectivity index is 1.95. The number of alkyl halides is 3. The van der Waals surface area contributed by atoms with Crippen LogP contribution >= 0.6 is 0 Å². The van der Waals surface area contributed by atoms with E-state index < -0.39 is 11.7 Å². The van der Waals surface area contributed by atoms with E-state index in [9.17, 15) is 13.2 Å². The number of halogens is 3. The fraction of sp³-hybridized carbons (Fsp3) is 0.647. The first-order valence-electron chi connectivity index (χ1n) is 7.86. The third-order valence-electron chi connectivity index (χ3n) is 4.06. The van der Waals surface area contributed by atoms with Gasteiger partial charge in [0.15, 0.2) is 0 Å². The molecule has 0 aliphatic heterocycles. The van der Waals surface area contributed by atoms with Gasteiger partial charge in [0, 0.05) is 12.1 Å². The lowest BCUT2D eigenvalue weighted by Gasteiger charge is -2.31. The molecule has 1 aromatic rings. The van der Waals surface area contributed by atoms with E-state index in [1.165, 1.54) is 13.0 Å². The third-order valence-corrected chi connectivity index (χ3v) is 4.06. The maximum Gasteiger partial charge on any atom is 0.416 e. The molecule has 0 heterocycles.